The number of nitrogen functional groups attached to an aromatic ring is 1. The van der Waals surface area contributed by atoms with Crippen molar-refractivity contribution in [2.45, 2.75) is 19.4 Å². The molecular weight excluding hydrogens is 502 g/mol. The number of piperazine rings is 1. The second kappa shape index (κ2) is 11.4. The first-order chi connectivity index (χ1) is 17.4. The van der Waals surface area contributed by atoms with Crippen molar-refractivity contribution in [3.63, 3.8) is 0 Å². The van der Waals surface area contributed by atoms with Gasteiger partial charge in [-0.15, -0.1) is 12.4 Å². The molecule has 0 aliphatic carbocycles. The first-order valence-electron chi connectivity index (χ1n) is 12.1. The van der Waals surface area contributed by atoms with Gasteiger partial charge in [0.05, 0.1) is 18.0 Å². The summed E-state index contributed by atoms with van der Waals surface area (Å²) in [4.78, 5) is 15.0. The maximum atomic E-state index is 13.5. The van der Waals surface area contributed by atoms with E-state index in [9.17, 15) is 13.9 Å². The van der Waals surface area contributed by atoms with Crippen LogP contribution in [-0.2, 0) is 0 Å². The molecule has 2 aliphatic rings. The van der Waals surface area contributed by atoms with Gasteiger partial charge in [-0.05, 0) is 25.5 Å². The van der Waals surface area contributed by atoms with Crippen molar-refractivity contribution >= 4 is 35.9 Å². The van der Waals surface area contributed by atoms with E-state index in [2.05, 4.69) is 26.0 Å². The molecule has 2 aromatic heterocycles. The standard InChI is InChI=1S/C25H30F2N8O.ClH/c1-17-18(3-2-5-32-7-9-33(10-8-32)21-12-19(26)11-20(27)13-21)15-29-35(17)24-14-23(30-25(28)31-24)34-6-4-22(36)16-34;/h2-3,11-15,22,36H,4-10,16H2,1H3,(H2,28,30,31);1H/b3-2+;. The largest absolute Gasteiger partial charge is 0.391 e. The third-order valence-corrected chi connectivity index (χ3v) is 6.71. The van der Waals surface area contributed by atoms with Gasteiger partial charge in [-0.3, -0.25) is 4.90 Å². The second-order valence-electron chi connectivity index (χ2n) is 9.25. The Labute approximate surface area is 220 Å². The zero-order valence-electron chi connectivity index (χ0n) is 20.6. The van der Waals surface area contributed by atoms with Crippen molar-refractivity contribution < 1.29 is 13.9 Å². The van der Waals surface area contributed by atoms with Crippen molar-refractivity contribution in [3.05, 3.63) is 59.4 Å². The number of aromatic nitrogens is 4. The first-order valence-corrected chi connectivity index (χ1v) is 12.1. The number of aliphatic hydroxyl groups is 1. The van der Waals surface area contributed by atoms with Crippen LogP contribution in [0.15, 0.2) is 36.5 Å². The van der Waals surface area contributed by atoms with E-state index in [1.807, 2.05) is 28.9 Å². The maximum absolute atomic E-state index is 13.5. The van der Waals surface area contributed by atoms with Crippen LogP contribution in [0.25, 0.3) is 11.9 Å². The molecule has 198 valence electrons. The molecule has 0 radical (unpaired) electrons. The van der Waals surface area contributed by atoms with Crippen LogP contribution < -0.4 is 15.5 Å². The molecule has 1 aromatic carbocycles. The molecule has 1 atom stereocenters. The molecule has 0 amide bonds. The van der Waals surface area contributed by atoms with Gasteiger partial charge in [0.25, 0.3) is 0 Å². The van der Waals surface area contributed by atoms with Gasteiger partial charge >= 0.3 is 0 Å². The molecule has 0 spiro atoms. The molecule has 12 heteroatoms. The number of β-amino-alcohol motifs (C(OH)–C–C–N with tert-alkyl or cyclic N) is 1. The van der Waals surface area contributed by atoms with Crippen LogP contribution in [0.3, 0.4) is 0 Å². The fourth-order valence-corrected chi connectivity index (χ4v) is 4.72. The first kappa shape index (κ1) is 26.8. The molecular formula is C25H31ClF2N8O. The molecule has 5 rings (SSSR count). The van der Waals surface area contributed by atoms with Crippen molar-refractivity contribution in [1.29, 1.82) is 0 Å². The second-order valence-corrected chi connectivity index (χ2v) is 9.25. The highest BCUT2D eigenvalue weighted by Gasteiger charge is 2.23. The highest BCUT2D eigenvalue weighted by molar-refractivity contribution is 5.85. The monoisotopic (exact) mass is 532 g/mol. The van der Waals surface area contributed by atoms with Gasteiger partial charge < -0.3 is 20.6 Å². The van der Waals surface area contributed by atoms with Crippen LogP contribution in [0.5, 0.6) is 0 Å². The van der Waals surface area contributed by atoms with E-state index in [1.165, 1.54) is 12.1 Å². The van der Waals surface area contributed by atoms with Crippen molar-refractivity contribution in [2.75, 3.05) is 61.3 Å². The van der Waals surface area contributed by atoms with Crippen LogP contribution >= 0.6 is 12.4 Å². The third kappa shape index (κ3) is 6.17. The molecule has 2 aliphatic heterocycles. The van der Waals surface area contributed by atoms with E-state index in [-0.39, 0.29) is 24.5 Å². The van der Waals surface area contributed by atoms with Gasteiger partial charge in [0.15, 0.2) is 5.82 Å². The average Bonchev–Trinajstić information content (AvgIpc) is 3.44. The number of anilines is 3. The van der Waals surface area contributed by atoms with Crippen LogP contribution in [-0.4, -0.2) is 81.7 Å². The lowest BCUT2D eigenvalue weighted by molar-refractivity contribution is 0.198. The minimum atomic E-state index is -0.554. The van der Waals surface area contributed by atoms with Crippen molar-refractivity contribution in [2.24, 2.45) is 0 Å². The van der Waals surface area contributed by atoms with Gasteiger partial charge in [-0.1, -0.05) is 12.2 Å². The summed E-state index contributed by atoms with van der Waals surface area (Å²) in [7, 11) is 0. The van der Waals surface area contributed by atoms with E-state index in [4.69, 9.17) is 5.73 Å². The Balaban J connectivity index is 0.00000320. The van der Waals surface area contributed by atoms with Gasteiger partial charge in [-0.25, -0.2) is 13.5 Å². The molecule has 3 N–H and O–H groups in total. The molecule has 2 saturated heterocycles. The summed E-state index contributed by atoms with van der Waals surface area (Å²) in [6.45, 7) is 6.99. The van der Waals surface area contributed by atoms with E-state index >= 15 is 0 Å². The number of rotatable bonds is 6. The van der Waals surface area contributed by atoms with Crippen molar-refractivity contribution in [1.82, 2.24) is 24.6 Å². The SMILES string of the molecule is Cc1c(/C=C/CN2CCN(c3cc(F)cc(F)c3)CC2)cnn1-c1cc(N2CCC(O)C2)nc(N)n1.Cl. The average molecular weight is 533 g/mol. The minimum absolute atomic E-state index is 0. The zero-order chi connectivity index (χ0) is 25.2. The topological polar surface area (TPSA) is 99.6 Å². The molecule has 1 unspecified atom stereocenters. The molecule has 0 saturated carbocycles. The molecule has 4 heterocycles. The van der Waals surface area contributed by atoms with Crippen LogP contribution in [0.1, 0.15) is 17.7 Å². The molecule has 0 bridgehead atoms. The number of nitrogens with two attached hydrogens (primary N) is 1. The van der Waals surface area contributed by atoms with Crippen LogP contribution in [0.2, 0.25) is 0 Å². The van der Waals surface area contributed by atoms with E-state index in [1.54, 1.807) is 10.9 Å². The Morgan fingerprint density at radius 3 is 2.38 bits per heavy atom. The summed E-state index contributed by atoms with van der Waals surface area (Å²) < 4.78 is 28.8. The predicted octanol–water partition coefficient (Wildman–Crippen LogP) is 2.66. The molecule has 37 heavy (non-hydrogen) atoms. The summed E-state index contributed by atoms with van der Waals surface area (Å²) in [6, 6.07) is 5.49. The Hall–Kier alpha value is -3.28. The lowest BCUT2D eigenvalue weighted by Gasteiger charge is -2.35. The van der Waals surface area contributed by atoms with Crippen LogP contribution in [0, 0.1) is 18.6 Å². The summed E-state index contributed by atoms with van der Waals surface area (Å²) in [6.07, 6.45) is 6.26. The van der Waals surface area contributed by atoms with Gasteiger partial charge in [0.2, 0.25) is 5.95 Å². The molecule has 3 aromatic rings. The zero-order valence-corrected chi connectivity index (χ0v) is 21.4. The summed E-state index contributed by atoms with van der Waals surface area (Å²) in [5.41, 5.74) is 8.45. The summed E-state index contributed by atoms with van der Waals surface area (Å²) >= 11 is 0. The lowest BCUT2D eigenvalue weighted by Crippen LogP contribution is -2.46. The third-order valence-electron chi connectivity index (χ3n) is 6.71. The Bertz CT molecular complexity index is 1240. The number of hydrogen-bond donors (Lipinski definition) is 2. The van der Waals surface area contributed by atoms with Gasteiger partial charge in [0.1, 0.15) is 17.5 Å². The Kier molecular flexibility index (Phi) is 8.25. The van der Waals surface area contributed by atoms with Crippen molar-refractivity contribution in [3.8, 4) is 5.82 Å². The summed E-state index contributed by atoms with van der Waals surface area (Å²) in [5, 5.41) is 14.4. The quantitative estimate of drug-likeness (QED) is 0.500. The highest BCUT2D eigenvalue weighted by atomic mass is 35.5. The van der Waals surface area contributed by atoms with Crippen LogP contribution in [0.4, 0.5) is 26.2 Å². The van der Waals surface area contributed by atoms with E-state index < -0.39 is 11.6 Å². The molecule has 9 nitrogen and oxygen atoms in total. The number of halogens is 3. The van der Waals surface area contributed by atoms with E-state index in [0.717, 1.165) is 43.5 Å². The Morgan fingerprint density at radius 2 is 1.70 bits per heavy atom. The highest BCUT2D eigenvalue weighted by Crippen LogP contribution is 2.23. The van der Waals surface area contributed by atoms with E-state index in [0.29, 0.717) is 43.4 Å². The Morgan fingerprint density at radius 1 is 1.00 bits per heavy atom. The van der Waals surface area contributed by atoms with Gasteiger partial charge in [-0.2, -0.15) is 15.1 Å². The lowest BCUT2D eigenvalue weighted by atomic mass is 10.2. The number of hydrogen-bond acceptors (Lipinski definition) is 8. The number of benzene rings is 1. The number of aliphatic hydroxyl groups excluding tert-OH is 1. The summed E-state index contributed by atoms with van der Waals surface area (Å²) in [5.74, 6) is 0.321. The minimum Gasteiger partial charge on any atom is -0.391 e. The smallest absolute Gasteiger partial charge is 0.224 e. The number of nitrogens with zero attached hydrogens (tertiary/aromatic N) is 7. The predicted molar refractivity (Wildman–Crippen MR) is 142 cm³/mol. The normalized spacial score (nSPS) is 18.5. The fraction of sp³-hybridized carbons (Fsp3) is 0.400. The van der Waals surface area contributed by atoms with Gasteiger partial charge in [0, 0.05) is 69.2 Å². The fourth-order valence-electron chi connectivity index (χ4n) is 4.72. The molecule has 2 fully saturated rings. The maximum Gasteiger partial charge on any atom is 0.224 e.